The molecule has 0 aromatic heterocycles. The van der Waals surface area contributed by atoms with Crippen LogP contribution < -0.4 is 5.32 Å². The Morgan fingerprint density at radius 2 is 2.25 bits per heavy atom. The van der Waals surface area contributed by atoms with E-state index in [1.54, 1.807) is 0 Å². The van der Waals surface area contributed by atoms with Gasteiger partial charge in [0.05, 0.1) is 0 Å². The van der Waals surface area contributed by atoms with E-state index in [2.05, 4.69) is 37.9 Å². The van der Waals surface area contributed by atoms with Gasteiger partial charge in [-0.05, 0) is 43.5 Å². The van der Waals surface area contributed by atoms with E-state index in [9.17, 15) is 0 Å². The van der Waals surface area contributed by atoms with Gasteiger partial charge in [0.1, 0.15) is 0 Å². The van der Waals surface area contributed by atoms with Crippen molar-refractivity contribution < 1.29 is 0 Å². The molecule has 1 unspecified atom stereocenters. The van der Waals surface area contributed by atoms with Gasteiger partial charge in [0.2, 0.25) is 0 Å². The highest BCUT2D eigenvalue weighted by molar-refractivity contribution is 6.31. The molecule has 0 saturated carbocycles. The van der Waals surface area contributed by atoms with Crippen LogP contribution in [0.4, 0.5) is 0 Å². The van der Waals surface area contributed by atoms with Crippen LogP contribution in [-0.4, -0.2) is 6.54 Å². The molecule has 1 N–H and O–H groups in total. The van der Waals surface area contributed by atoms with E-state index in [4.69, 9.17) is 11.6 Å². The second-order valence-corrected chi connectivity index (χ2v) is 4.46. The summed E-state index contributed by atoms with van der Waals surface area (Å²) in [4.78, 5) is 0. The minimum absolute atomic E-state index is 0.283. The number of halogens is 1. The van der Waals surface area contributed by atoms with Crippen molar-refractivity contribution in [3.05, 3.63) is 47.0 Å². The van der Waals surface area contributed by atoms with Crippen molar-refractivity contribution in [2.24, 2.45) is 0 Å². The van der Waals surface area contributed by atoms with E-state index in [-0.39, 0.29) is 6.04 Å². The van der Waals surface area contributed by atoms with Crippen LogP contribution in [0.5, 0.6) is 0 Å². The Morgan fingerprint density at radius 1 is 1.50 bits per heavy atom. The standard InChI is InChI=1S/C14H20ClN/c1-4-6-14(16-9-5-2)12-8-7-11(3)10-13(12)15/h4,7-8,10,14,16H,1,5-6,9H2,2-3H3. The molecule has 0 radical (unpaired) electrons. The minimum atomic E-state index is 0.283. The van der Waals surface area contributed by atoms with Crippen LogP contribution >= 0.6 is 11.6 Å². The molecule has 0 saturated heterocycles. The highest BCUT2D eigenvalue weighted by Crippen LogP contribution is 2.26. The van der Waals surface area contributed by atoms with Crippen LogP contribution in [0.2, 0.25) is 5.02 Å². The molecule has 0 aliphatic rings. The molecule has 0 aliphatic carbocycles. The molecule has 0 spiro atoms. The lowest BCUT2D eigenvalue weighted by Crippen LogP contribution is -2.21. The SMILES string of the molecule is C=CCC(NCCC)c1ccc(C)cc1Cl. The lowest BCUT2D eigenvalue weighted by Gasteiger charge is -2.19. The third kappa shape index (κ3) is 3.66. The molecule has 0 amide bonds. The first kappa shape index (κ1) is 13.3. The van der Waals surface area contributed by atoms with Gasteiger partial charge in [0.25, 0.3) is 0 Å². The first-order valence-corrected chi connectivity index (χ1v) is 6.17. The minimum Gasteiger partial charge on any atom is -0.310 e. The maximum Gasteiger partial charge on any atom is 0.0456 e. The van der Waals surface area contributed by atoms with Crippen LogP contribution in [0, 0.1) is 6.92 Å². The van der Waals surface area contributed by atoms with Gasteiger partial charge >= 0.3 is 0 Å². The van der Waals surface area contributed by atoms with E-state index >= 15 is 0 Å². The van der Waals surface area contributed by atoms with Crippen LogP contribution in [0.25, 0.3) is 0 Å². The Hall–Kier alpha value is -0.790. The largest absolute Gasteiger partial charge is 0.310 e. The summed E-state index contributed by atoms with van der Waals surface area (Å²) >= 11 is 6.26. The van der Waals surface area contributed by atoms with Crippen molar-refractivity contribution in [1.82, 2.24) is 5.32 Å². The molecule has 1 rings (SSSR count). The average Bonchev–Trinajstić information content (AvgIpc) is 2.25. The van der Waals surface area contributed by atoms with Crippen molar-refractivity contribution in [3.8, 4) is 0 Å². The molecule has 0 heterocycles. The second kappa shape index (κ2) is 6.72. The van der Waals surface area contributed by atoms with Gasteiger partial charge in [-0.1, -0.05) is 36.7 Å². The van der Waals surface area contributed by atoms with Crippen molar-refractivity contribution in [2.75, 3.05) is 6.54 Å². The summed E-state index contributed by atoms with van der Waals surface area (Å²) in [5.74, 6) is 0. The molecule has 88 valence electrons. The first-order chi connectivity index (χ1) is 7.69. The Kier molecular flexibility index (Phi) is 5.58. The molecule has 16 heavy (non-hydrogen) atoms. The zero-order valence-corrected chi connectivity index (χ0v) is 10.8. The normalized spacial score (nSPS) is 12.4. The fourth-order valence-electron chi connectivity index (χ4n) is 1.72. The predicted molar refractivity (Wildman–Crippen MR) is 72.0 cm³/mol. The van der Waals surface area contributed by atoms with Crippen molar-refractivity contribution in [1.29, 1.82) is 0 Å². The molecular weight excluding hydrogens is 218 g/mol. The van der Waals surface area contributed by atoms with Crippen molar-refractivity contribution in [2.45, 2.75) is 32.7 Å². The number of hydrogen-bond acceptors (Lipinski definition) is 1. The number of benzene rings is 1. The topological polar surface area (TPSA) is 12.0 Å². The second-order valence-electron chi connectivity index (χ2n) is 4.06. The Balaban J connectivity index is 2.86. The predicted octanol–water partition coefficient (Wildman–Crippen LogP) is 4.27. The van der Waals surface area contributed by atoms with Crippen molar-refractivity contribution in [3.63, 3.8) is 0 Å². The molecule has 2 heteroatoms. The first-order valence-electron chi connectivity index (χ1n) is 5.79. The van der Waals surface area contributed by atoms with Crippen molar-refractivity contribution >= 4 is 11.6 Å². The summed E-state index contributed by atoms with van der Waals surface area (Å²) < 4.78 is 0. The highest BCUT2D eigenvalue weighted by Gasteiger charge is 2.12. The fraction of sp³-hybridized carbons (Fsp3) is 0.429. The summed E-state index contributed by atoms with van der Waals surface area (Å²) in [6.07, 6.45) is 3.96. The van der Waals surface area contributed by atoms with E-state index in [0.717, 1.165) is 24.4 Å². The Labute approximate surface area is 104 Å². The zero-order valence-electron chi connectivity index (χ0n) is 10.1. The van der Waals surface area contributed by atoms with Crippen LogP contribution in [0.15, 0.2) is 30.9 Å². The quantitative estimate of drug-likeness (QED) is 0.729. The maximum absolute atomic E-state index is 6.26. The monoisotopic (exact) mass is 237 g/mol. The van der Waals surface area contributed by atoms with E-state index in [0.29, 0.717) is 0 Å². The third-order valence-electron chi connectivity index (χ3n) is 2.57. The third-order valence-corrected chi connectivity index (χ3v) is 2.90. The van der Waals surface area contributed by atoms with E-state index in [1.807, 2.05) is 12.1 Å². The Morgan fingerprint density at radius 3 is 2.81 bits per heavy atom. The molecule has 1 atom stereocenters. The molecule has 0 bridgehead atoms. The fourth-order valence-corrected chi connectivity index (χ4v) is 2.09. The maximum atomic E-state index is 6.26. The van der Waals surface area contributed by atoms with Crippen LogP contribution in [0.3, 0.4) is 0 Å². The summed E-state index contributed by atoms with van der Waals surface area (Å²) in [5.41, 5.74) is 2.36. The van der Waals surface area contributed by atoms with Gasteiger partial charge in [0.15, 0.2) is 0 Å². The summed E-state index contributed by atoms with van der Waals surface area (Å²) in [6.45, 7) is 9.02. The number of nitrogens with one attached hydrogen (secondary N) is 1. The zero-order chi connectivity index (χ0) is 12.0. The van der Waals surface area contributed by atoms with E-state index < -0.39 is 0 Å². The lowest BCUT2D eigenvalue weighted by atomic mass is 10.0. The van der Waals surface area contributed by atoms with Gasteiger partial charge in [-0.3, -0.25) is 0 Å². The molecular formula is C14H20ClN. The summed E-state index contributed by atoms with van der Waals surface area (Å²) in [7, 11) is 0. The van der Waals surface area contributed by atoms with Gasteiger partial charge in [-0.25, -0.2) is 0 Å². The van der Waals surface area contributed by atoms with Gasteiger partial charge in [-0.15, -0.1) is 6.58 Å². The molecule has 1 aromatic rings. The summed E-state index contributed by atoms with van der Waals surface area (Å²) in [6, 6.07) is 6.51. The average molecular weight is 238 g/mol. The smallest absolute Gasteiger partial charge is 0.0456 e. The highest BCUT2D eigenvalue weighted by atomic mass is 35.5. The molecule has 1 nitrogen and oxygen atoms in total. The number of aryl methyl sites for hydroxylation is 1. The molecule has 1 aromatic carbocycles. The Bertz CT molecular complexity index is 347. The molecule has 0 fully saturated rings. The number of rotatable bonds is 6. The van der Waals surface area contributed by atoms with Gasteiger partial charge in [0, 0.05) is 11.1 Å². The van der Waals surface area contributed by atoms with Gasteiger partial charge in [-0.2, -0.15) is 0 Å². The van der Waals surface area contributed by atoms with Gasteiger partial charge < -0.3 is 5.32 Å². The number of hydrogen-bond donors (Lipinski definition) is 1. The van der Waals surface area contributed by atoms with Crippen LogP contribution in [0.1, 0.15) is 36.9 Å². The lowest BCUT2D eigenvalue weighted by molar-refractivity contribution is 0.537. The van der Waals surface area contributed by atoms with Crippen LogP contribution in [-0.2, 0) is 0 Å². The molecule has 0 aliphatic heterocycles. The van der Waals surface area contributed by atoms with E-state index in [1.165, 1.54) is 11.1 Å². The summed E-state index contributed by atoms with van der Waals surface area (Å²) in [5, 5.41) is 4.33.